The Kier molecular flexibility index (Phi) is 8.00. The quantitative estimate of drug-likeness (QED) is 0.569. The minimum absolute atomic E-state index is 0.159. The summed E-state index contributed by atoms with van der Waals surface area (Å²) in [5.74, 6) is 1.53. The van der Waals surface area contributed by atoms with Gasteiger partial charge >= 0.3 is 0 Å². The Morgan fingerprint density at radius 3 is 2.00 bits per heavy atom. The van der Waals surface area contributed by atoms with Gasteiger partial charge in [-0.3, -0.25) is 4.79 Å². The first-order chi connectivity index (χ1) is 14.9. The zero-order valence-electron chi connectivity index (χ0n) is 20.6. The Bertz CT molecular complexity index is 943. The molecule has 0 unspecified atom stereocenters. The number of nitrogens with one attached hydrogen (secondary N) is 1. The molecule has 5 heteroatoms. The van der Waals surface area contributed by atoms with Crippen molar-refractivity contribution in [3.63, 3.8) is 0 Å². The molecule has 32 heavy (non-hydrogen) atoms. The van der Waals surface area contributed by atoms with Crippen molar-refractivity contribution in [3.8, 4) is 17.2 Å². The Morgan fingerprint density at radius 1 is 0.938 bits per heavy atom. The number of phenols is 1. The van der Waals surface area contributed by atoms with Crippen LogP contribution in [-0.4, -0.2) is 31.8 Å². The summed E-state index contributed by atoms with van der Waals surface area (Å²) in [6, 6.07) is 9.65. The van der Waals surface area contributed by atoms with E-state index in [1.54, 1.807) is 26.4 Å². The van der Waals surface area contributed by atoms with Crippen molar-refractivity contribution in [3.05, 3.63) is 58.7 Å². The van der Waals surface area contributed by atoms with E-state index < -0.39 is 0 Å². The molecule has 0 atom stereocenters. The molecule has 5 nitrogen and oxygen atoms in total. The number of ether oxygens (including phenoxy) is 2. The smallest absolute Gasteiger partial charge is 0.244 e. The summed E-state index contributed by atoms with van der Waals surface area (Å²) < 4.78 is 10.6. The molecule has 0 aromatic heterocycles. The largest absolute Gasteiger partial charge is 0.507 e. The highest BCUT2D eigenvalue weighted by atomic mass is 16.5. The van der Waals surface area contributed by atoms with E-state index in [1.807, 2.05) is 30.3 Å². The molecule has 0 aliphatic heterocycles. The molecule has 2 N–H and O–H groups in total. The average Bonchev–Trinajstić information content (AvgIpc) is 2.71. The molecule has 2 aromatic rings. The fourth-order valence-electron chi connectivity index (χ4n) is 3.49. The van der Waals surface area contributed by atoms with E-state index in [4.69, 9.17) is 9.47 Å². The molecule has 0 aliphatic carbocycles. The maximum atomic E-state index is 12.4. The van der Waals surface area contributed by atoms with E-state index in [0.717, 1.165) is 22.3 Å². The zero-order valence-corrected chi connectivity index (χ0v) is 20.6. The number of carbonyl (C=O) groups is 1. The second-order valence-electron chi connectivity index (χ2n) is 10.0. The molecule has 0 saturated heterocycles. The van der Waals surface area contributed by atoms with Crippen LogP contribution in [0.15, 0.2) is 36.4 Å². The van der Waals surface area contributed by atoms with E-state index in [0.29, 0.717) is 30.2 Å². The molecular weight excluding hydrogens is 402 g/mol. The topological polar surface area (TPSA) is 67.8 Å². The maximum absolute atomic E-state index is 12.4. The first kappa shape index (κ1) is 25.3. The van der Waals surface area contributed by atoms with Crippen molar-refractivity contribution < 1.29 is 19.4 Å². The summed E-state index contributed by atoms with van der Waals surface area (Å²) in [5.41, 5.74) is 3.27. The van der Waals surface area contributed by atoms with Crippen molar-refractivity contribution >= 4 is 12.0 Å². The van der Waals surface area contributed by atoms with E-state index in [2.05, 4.69) is 46.9 Å². The molecular formula is C27H37NO4. The van der Waals surface area contributed by atoms with Crippen molar-refractivity contribution in [2.24, 2.45) is 0 Å². The first-order valence-electron chi connectivity index (χ1n) is 10.9. The van der Waals surface area contributed by atoms with Crippen molar-refractivity contribution in [2.75, 3.05) is 20.8 Å². The van der Waals surface area contributed by atoms with Crippen LogP contribution in [0, 0.1) is 0 Å². The Labute approximate surface area is 192 Å². The zero-order chi connectivity index (χ0) is 24.1. The Morgan fingerprint density at radius 2 is 1.50 bits per heavy atom. The van der Waals surface area contributed by atoms with Crippen LogP contribution < -0.4 is 14.8 Å². The molecule has 0 radical (unpaired) electrons. The molecule has 0 bridgehead atoms. The Balaban J connectivity index is 2.10. The number of methoxy groups -OCH3 is 2. The van der Waals surface area contributed by atoms with Gasteiger partial charge in [0.15, 0.2) is 11.5 Å². The lowest BCUT2D eigenvalue weighted by molar-refractivity contribution is -0.116. The molecule has 0 aliphatic rings. The van der Waals surface area contributed by atoms with Gasteiger partial charge in [-0.15, -0.1) is 0 Å². The van der Waals surface area contributed by atoms with E-state index in [-0.39, 0.29) is 16.7 Å². The second kappa shape index (κ2) is 10.1. The van der Waals surface area contributed by atoms with Crippen molar-refractivity contribution in [2.45, 2.75) is 58.8 Å². The van der Waals surface area contributed by atoms with Gasteiger partial charge in [0.25, 0.3) is 0 Å². The van der Waals surface area contributed by atoms with E-state index >= 15 is 0 Å². The number of amides is 1. The van der Waals surface area contributed by atoms with Crippen LogP contribution in [0.3, 0.4) is 0 Å². The third-order valence-electron chi connectivity index (χ3n) is 5.34. The number of rotatable bonds is 7. The highest BCUT2D eigenvalue weighted by Gasteiger charge is 2.26. The lowest BCUT2D eigenvalue weighted by Crippen LogP contribution is -2.23. The second-order valence-corrected chi connectivity index (χ2v) is 10.0. The van der Waals surface area contributed by atoms with E-state index in [9.17, 15) is 9.90 Å². The third kappa shape index (κ3) is 6.52. The van der Waals surface area contributed by atoms with Crippen LogP contribution in [0.5, 0.6) is 17.2 Å². The number of hydrogen-bond donors (Lipinski definition) is 2. The summed E-state index contributed by atoms with van der Waals surface area (Å²) in [7, 11) is 3.21. The number of hydrogen-bond acceptors (Lipinski definition) is 4. The summed E-state index contributed by atoms with van der Waals surface area (Å²) in [6.45, 7) is 12.9. The maximum Gasteiger partial charge on any atom is 0.244 e. The normalized spacial score (nSPS) is 12.1. The number of aromatic hydroxyl groups is 1. The van der Waals surface area contributed by atoms with Crippen molar-refractivity contribution in [1.82, 2.24) is 5.32 Å². The average molecular weight is 440 g/mol. The first-order valence-corrected chi connectivity index (χ1v) is 10.9. The van der Waals surface area contributed by atoms with Gasteiger partial charge in [0, 0.05) is 23.7 Å². The highest BCUT2D eigenvalue weighted by Crippen LogP contribution is 2.40. The minimum atomic E-state index is -0.213. The van der Waals surface area contributed by atoms with Gasteiger partial charge in [0.1, 0.15) is 5.75 Å². The fraction of sp³-hybridized carbons (Fsp3) is 0.444. The summed E-state index contributed by atoms with van der Waals surface area (Å²) >= 11 is 0. The molecule has 0 spiro atoms. The number of carbonyl (C=O) groups excluding carboxylic acids is 1. The highest BCUT2D eigenvalue weighted by molar-refractivity contribution is 5.91. The molecule has 174 valence electrons. The van der Waals surface area contributed by atoms with E-state index in [1.165, 1.54) is 0 Å². The van der Waals surface area contributed by atoms with Crippen LogP contribution in [-0.2, 0) is 22.0 Å². The lowest BCUT2D eigenvalue weighted by Gasteiger charge is -2.27. The number of phenolic OH excluding ortho intramolecular Hbond substituents is 1. The van der Waals surface area contributed by atoms with Crippen molar-refractivity contribution in [1.29, 1.82) is 0 Å². The number of benzene rings is 2. The summed E-state index contributed by atoms with van der Waals surface area (Å²) in [5, 5.41) is 13.8. The van der Waals surface area contributed by atoms with Gasteiger partial charge in [-0.1, -0.05) is 47.6 Å². The molecule has 1 amide bonds. The van der Waals surface area contributed by atoms with Gasteiger partial charge in [-0.25, -0.2) is 0 Å². The van der Waals surface area contributed by atoms with Gasteiger partial charge in [-0.2, -0.15) is 0 Å². The van der Waals surface area contributed by atoms with Crippen LogP contribution >= 0.6 is 0 Å². The molecule has 0 fully saturated rings. The lowest BCUT2D eigenvalue weighted by atomic mass is 9.78. The predicted octanol–water partition coefficient (Wildman–Crippen LogP) is 5.38. The van der Waals surface area contributed by atoms with Gasteiger partial charge in [-0.05, 0) is 58.7 Å². The van der Waals surface area contributed by atoms with Gasteiger partial charge in [0.2, 0.25) is 5.91 Å². The monoisotopic (exact) mass is 439 g/mol. The van der Waals surface area contributed by atoms with Crippen LogP contribution in [0.1, 0.15) is 63.8 Å². The molecule has 2 aromatic carbocycles. The molecule has 0 saturated carbocycles. The standard InChI is InChI=1S/C27H37NO4/c1-26(2,3)20-15-19(16-21(25(20)30)27(4,5)6)10-12-24(29)28-14-13-18-9-11-22(31-7)23(17-18)32-8/h9-12,15-17,30H,13-14H2,1-8H3,(H,28,29)/b12-10+. The molecule has 0 heterocycles. The van der Waals surface area contributed by atoms with Crippen LogP contribution in [0.25, 0.3) is 6.08 Å². The third-order valence-corrected chi connectivity index (χ3v) is 5.34. The molecule has 2 rings (SSSR count). The van der Waals surface area contributed by atoms with Gasteiger partial charge < -0.3 is 19.9 Å². The van der Waals surface area contributed by atoms with Gasteiger partial charge in [0.05, 0.1) is 14.2 Å². The fourth-order valence-corrected chi connectivity index (χ4v) is 3.49. The summed E-state index contributed by atoms with van der Waals surface area (Å²) in [4.78, 5) is 12.4. The summed E-state index contributed by atoms with van der Waals surface area (Å²) in [6.07, 6.45) is 4.02. The predicted molar refractivity (Wildman–Crippen MR) is 131 cm³/mol. The van der Waals surface area contributed by atoms with Crippen LogP contribution in [0.2, 0.25) is 0 Å². The Hall–Kier alpha value is -2.95. The SMILES string of the molecule is COc1ccc(CCNC(=O)/C=C/c2cc(C(C)(C)C)c(O)c(C(C)(C)C)c2)cc1OC. The minimum Gasteiger partial charge on any atom is -0.507 e. The van der Waals surface area contributed by atoms with Crippen LogP contribution in [0.4, 0.5) is 0 Å².